The molecule has 1 amide bonds. The molecular formula is C27H28FN3O3S. The zero-order valence-electron chi connectivity index (χ0n) is 20.2. The summed E-state index contributed by atoms with van der Waals surface area (Å²) in [5.74, 6) is -0.899. The standard InChI is InChI=1S/C27H28FN3O3S/c1-5-34-26(33)24-18(4)30-27-31(25(24)22-11-6-16(2)12-17(22)3)21(15-35-27)13-23(32)29-14-19-7-9-20(28)10-8-19/h6-12,15,25H,5,13-14H2,1-4H3,(H,29,32)/t25-/m0/s1. The number of esters is 1. The van der Waals surface area contributed by atoms with Crippen LogP contribution in [-0.4, -0.2) is 28.6 Å². The van der Waals surface area contributed by atoms with Gasteiger partial charge >= 0.3 is 5.97 Å². The van der Waals surface area contributed by atoms with Gasteiger partial charge in [0, 0.05) is 12.2 Å². The molecular weight excluding hydrogens is 465 g/mol. The first-order valence-corrected chi connectivity index (χ1v) is 12.4. The van der Waals surface area contributed by atoms with Crippen LogP contribution in [0.4, 0.5) is 4.39 Å². The highest BCUT2D eigenvalue weighted by Gasteiger charge is 2.41. The SMILES string of the molecule is CCOC(=O)C1=C(C)N=C2SC=C(CC(=O)NCc3ccc(F)cc3)N2[C@H]1c1ccc(C)cc1C. The molecule has 8 heteroatoms. The van der Waals surface area contributed by atoms with E-state index >= 15 is 0 Å². The molecule has 2 aliphatic rings. The van der Waals surface area contributed by atoms with E-state index in [0.717, 1.165) is 33.1 Å². The third-order valence-corrected chi connectivity index (χ3v) is 6.85. The third-order valence-electron chi connectivity index (χ3n) is 5.96. The van der Waals surface area contributed by atoms with Gasteiger partial charge in [-0.25, -0.2) is 14.2 Å². The summed E-state index contributed by atoms with van der Waals surface area (Å²) in [6.45, 7) is 8.21. The number of halogens is 1. The number of nitrogens with zero attached hydrogens (tertiary/aromatic N) is 2. The highest BCUT2D eigenvalue weighted by Crippen LogP contribution is 2.45. The number of aliphatic imine (C=N–C) groups is 1. The van der Waals surface area contributed by atoms with Crippen LogP contribution in [0.25, 0.3) is 0 Å². The van der Waals surface area contributed by atoms with Crippen molar-refractivity contribution in [2.45, 2.75) is 46.7 Å². The lowest BCUT2D eigenvalue weighted by atomic mass is 9.90. The molecule has 0 saturated carbocycles. The first kappa shape index (κ1) is 24.7. The molecule has 35 heavy (non-hydrogen) atoms. The first-order chi connectivity index (χ1) is 16.8. The summed E-state index contributed by atoms with van der Waals surface area (Å²) in [7, 11) is 0. The van der Waals surface area contributed by atoms with E-state index in [1.807, 2.05) is 43.2 Å². The minimum atomic E-state index is -0.451. The predicted molar refractivity (Wildman–Crippen MR) is 136 cm³/mol. The molecule has 2 aromatic carbocycles. The van der Waals surface area contributed by atoms with Gasteiger partial charge in [0.2, 0.25) is 5.91 Å². The molecule has 0 fully saturated rings. The van der Waals surface area contributed by atoms with E-state index in [0.29, 0.717) is 17.8 Å². The van der Waals surface area contributed by atoms with E-state index in [9.17, 15) is 14.0 Å². The van der Waals surface area contributed by atoms with Crippen molar-refractivity contribution in [3.05, 3.63) is 92.9 Å². The minimum Gasteiger partial charge on any atom is -0.463 e. The van der Waals surface area contributed by atoms with Gasteiger partial charge in [0.05, 0.1) is 30.3 Å². The lowest BCUT2D eigenvalue weighted by molar-refractivity contribution is -0.139. The van der Waals surface area contributed by atoms with Crippen molar-refractivity contribution in [3.8, 4) is 0 Å². The Balaban J connectivity index is 1.62. The average Bonchev–Trinajstić information content (AvgIpc) is 3.20. The van der Waals surface area contributed by atoms with Gasteiger partial charge in [-0.1, -0.05) is 47.7 Å². The molecule has 0 aromatic heterocycles. The molecule has 6 nitrogen and oxygen atoms in total. The lowest BCUT2D eigenvalue weighted by Crippen LogP contribution is -2.38. The number of carbonyl (C=O) groups is 2. The maximum Gasteiger partial charge on any atom is 0.338 e. The molecule has 1 atom stereocenters. The normalized spacial score (nSPS) is 17.1. The fourth-order valence-corrected chi connectivity index (χ4v) is 5.26. The molecule has 2 aromatic rings. The number of allylic oxidation sites excluding steroid dienone is 1. The molecule has 0 spiro atoms. The molecule has 0 saturated heterocycles. The fourth-order valence-electron chi connectivity index (χ4n) is 4.30. The molecule has 0 aliphatic carbocycles. The maximum atomic E-state index is 13.2. The van der Waals surface area contributed by atoms with Crippen LogP contribution in [0, 0.1) is 19.7 Å². The summed E-state index contributed by atoms with van der Waals surface area (Å²) >= 11 is 1.44. The highest BCUT2D eigenvalue weighted by molar-refractivity contribution is 8.16. The number of thioether (sulfide) groups is 1. The second-order valence-corrected chi connectivity index (χ2v) is 9.39. The van der Waals surface area contributed by atoms with Crippen molar-refractivity contribution in [3.63, 3.8) is 0 Å². The van der Waals surface area contributed by atoms with Gasteiger partial charge in [-0.15, -0.1) is 0 Å². The van der Waals surface area contributed by atoms with Gasteiger partial charge in [-0.05, 0) is 61.9 Å². The maximum absolute atomic E-state index is 13.2. The molecule has 0 unspecified atom stereocenters. The zero-order valence-corrected chi connectivity index (χ0v) is 21.0. The van der Waals surface area contributed by atoms with Crippen molar-refractivity contribution in [2.75, 3.05) is 6.61 Å². The van der Waals surface area contributed by atoms with Gasteiger partial charge in [-0.2, -0.15) is 0 Å². The molecule has 0 radical (unpaired) electrons. The summed E-state index contributed by atoms with van der Waals surface area (Å²) < 4.78 is 18.6. The van der Waals surface area contributed by atoms with Gasteiger partial charge in [-0.3, -0.25) is 4.79 Å². The Labute approximate surface area is 209 Å². The van der Waals surface area contributed by atoms with Crippen molar-refractivity contribution in [1.29, 1.82) is 0 Å². The van der Waals surface area contributed by atoms with E-state index in [1.165, 1.54) is 23.9 Å². The highest BCUT2D eigenvalue weighted by atomic mass is 32.2. The number of hydrogen-bond acceptors (Lipinski definition) is 6. The number of fused-ring (bicyclic) bond motifs is 1. The molecule has 4 rings (SSSR count). The van der Waals surface area contributed by atoms with Crippen LogP contribution in [0.2, 0.25) is 0 Å². The lowest BCUT2D eigenvalue weighted by Gasteiger charge is -2.37. The first-order valence-electron chi connectivity index (χ1n) is 11.5. The van der Waals surface area contributed by atoms with E-state index in [2.05, 4.69) is 16.4 Å². The van der Waals surface area contributed by atoms with Crippen LogP contribution >= 0.6 is 11.8 Å². The Bertz CT molecular complexity index is 1250. The minimum absolute atomic E-state index is 0.115. The Morgan fingerprint density at radius 3 is 2.57 bits per heavy atom. The van der Waals surface area contributed by atoms with Crippen LogP contribution in [0.1, 0.15) is 48.6 Å². The Hall–Kier alpha value is -3.39. The topological polar surface area (TPSA) is 71.0 Å². The van der Waals surface area contributed by atoms with Crippen LogP contribution < -0.4 is 5.32 Å². The second-order valence-electron chi connectivity index (χ2n) is 8.55. The zero-order chi connectivity index (χ0) is 25.1. The summed E-state index contributed by atoms with van der Waals surface area (Å²) in [6.07, 6.45) is 0.115. The molecule has 182 valence electrons. The van der Waals surface area contributed by atoms with Gasteiger partial charge < -0.3 is 15.0 Å². The number of aryl methyl sites for hydroxylation is 2. The van der Waals surface area contributed by atoms with Crippen LogP contribution in [0.3, 0.4) is 0 Å². The van der Waals surface area contributed by atoms with E-state index in [1.54, 1.807) is 19.1 Å². The van der Waals surface area contributed by atoms with Gasteiger partial charge in [0.1, 0.15) is 5.82 Å². The Morgan fingerprint density at radius 1 is 1.14 bits per heavy atom. The number of benzene rings is 2. The molecule has 1 N–H and O–H groups in total. The van der Waals surface area contributed by atoms with Crippen LogP contribution in [0.15, 0.2) is 69.8 Å². The largest absolute Gasteiger partial charge is 0.463 e. The molecule has 2 heterocycles. The number of amides is 1. The average molecular weight is 494 g/mol. The monoisotopic (exact) mass is 493 g/mol. The smallest absolute Gasteiger partial charge is 0.338 e. The summed E-state index contributed by atoms with van der Waals surface area (Å²) in [5, 5.41) is 5.53. The number of hydrogen-bond donors (Lipinski definition) is 1. The predicted octanol–water partition coefficient (Wildman–Crippen LogP) is 5.29. The third kappa shape index (κ3) is 5.32. The number of ether oxygens (including phenoxy) is 1. The van der Waals surface area contributed by atoms with Crippen molar-refractivity contribution in [1.82, 2.24) is 10.2 Å². The number of rotatable bonds is 7. The van der Waals surface area contributed by atoms with Gasteiger partial charge in [0.15, 0.2) is 5.17 Å². The van der Waals surface area contributed by atoms with E-state index in [-0.39, 0.29) is 24.8 Å². The van der Waals surface area contributed by atoms with Crippen LogP contribution in [-0.2, 0) is 20.9 Å². The quantitative estimate of drug-likeness (QED) is 0.531. The second kappa shape index (κ2) is 10.5. The number of amidine groups is 1. The van der Waals surface area contributed by atoms with E-state index < -0.39 is 12.0 Å². The summed E-state index contributed by atoms with van der Waals surface area (Å²) in [6, 6.07) is 11.7. The summed E-state index contributed by atoms with van der Waals surface area (Å²) in [4.78, 5) is 32.6. The number of nitrogens with one attached hydrogen (secondary N) is 1. The Kier molecular flexibility index (Phi) is 7.40. The molecule has 0 bridgehead atoms. The molecule has 2 aliphatic heterocycles. The van der Waals surface area contributed by atoms with Crippen molar-refractivity contribution >= 4 is 28.8 Å². The van der Waals surface area contributed by atoms with Crippen molar-refractivity contribution < 1.29 is 18.7 Å². The van der Waals surface area contributed by atoms with Crippen molar-refractivity contribution in [2.24, 2.45) is 4.99 Å². The van der Waals surface area contributed by atoms with E-state index in [4.69, 9.17) is 4.74 Å². The number of carbonyl (C=O) groups excluding carboxylic acids is 2. The van der Waals surface area contributed by atoms with Gasteiger partial charge in [0.25, 0.3) is 0 Å². The fraction of sp³-hybridized carbons (Fsp3) is 0.296. The Morgan fingerprint density at radius 2 is 1.89 bits per heavy atom. The summed E-state index contributed by atoms with van der Waals surface area (Å²) in [5.41, 5.74) is 5.79. The van der Waals surface area contributed by atoms with Crippen LogP contribution in [0.5, 0.6) is 0 Å².